The summed E-state index contributed by atoms with van der Waals surface area (Å²) in [6, 6.07) is 14.8. The SMILES string of the molecule is CCCCCCc1cc2cc3nc(cc4ccc(cc5nc(cc1[nH]2)C=C5)[nH]4)C=C3. The van der Waals surface area contributed by atoms with E-state index in [4.69, 9.17) is 9.97 Å². The number of hydrogen-bond acceptors (Lipinski definition) is 2. The molecule has 5 heterocycles. The van der Waals surface area contributed by atoms with Gasteiger partial charge in [-0.05, 0) is 85.2 Å². The number of hydrogen-bond donors (Lipinski definition) is 2. The number of H-pyrrole nitrogens is 2. The van der Waals surface area contributed by atoms with Crippen molar-refractivity contribution in [2.45, 2.75) is 39.0 Å². The van der Waals surface area contributed by atoms with E-state index in [0.717, 1.165) is 51.3 Å². The molecule has 0 aromatic carbocycles. The Kier molecular flexibility index (Phi) is 5.06. The Balaban J connectivity index is 1.68. The lowest BCUT2D eigenvalue weighted by Crippen LogP contribution is -1.84. The van der Waals surface area contributed by atoms with Gasteiger partial charge in [-0.3, -0.25) is 0 Å². The van der Waals surface area contributed by atoms with Crippen molar-refractivity contribution in [1.82, 2.24) is 19.9 Å². The molecule has 0 aliphatic carbocycles. The highest BCUT2D eigenvalue weighted by Gasteiger charge is 2.05. The van der Waals surface area contributed by atoms with E-state index in [1.165, 1.54) is 31.2 Å². The number of nitrogens with one attached hydrogen (secondary N) is 2. The minimum atomic E-state index is 0.952. The van der Waals surface area contributed by atoms with E-state index in [-0.39, 0.29) is 0 Å². The molecule has 2 aliphatic rings. The fourth-order valence-electron chi connectivity index (χ4n) is 4.03. The van der Waals surface area contributed by atoms with Crippen LogP contribution in [0.15, 0.2) is 42.5 Å². The first-order valence-electron chi connectivity index (χ1n) is 10.8. The standard InChI is InChI=1S/C26H26N4/c1-2-3-4-5-6-18-13-25-16-23-10-9-21(28-23)14-19-7-8-20(27-19)15-22-11-12-24(29-22)17-26(18)30-25/h7-17,27,30H,2-6H2,1H3. The van der Waals surface area contributed by atoms with Crippen LogP contribution < -0.4 is 0 Å². The maximum absolute atomic E-state index is 4.79. The Bertz CT molecular complexity index is 1290. The Labute approximate surface area is 176 Å². The quantitative estimate of drug-likeness (QED) is 0.323. The number of fused-ring (bicyclic) bond motifs is 8. The maximum Gasteiger partial charge on any atom is 0.0658 e. The van der Waals surface area contributed by atoms with Gasteiger partial charge in [0, 0.05) is 22.1 Å². The van der Waals surface area contributed by atoms with Crippen molar-refractivity contribution in [3.8, 4) is 0 Å². The van der Waals surface area contributed by atoms with Crippen LogP contribution >= 0.6 is 0 Å². The van der Waals surface area contributed by atoms with E-state index in [9.17, 15) is 0 Å². The van der Waals surface area contributed by atoms with Crippen LogP contribution in [0, 0.1) is 0 Å². The smallest absolute Gasteiger partial charge is 0.0658 e. The molecule has 2 aliphatic heterocycles. The normalized spacial score (nSPS) is 12.6. The molecule has 8 bridgehead atoms. The first-order valence-corrected chi connectivity index (χ1v) is 10.8. The monoisotopic (exact) mass is 394 g/mol. The number of unbranched alkanes of at least 4 members (excludes halogenated alkanes) is 3. The van der Waals surface area contributed by atoms with Gasteiger partial charge in [0.25, 0.3) is 0 Å². The molecule has 0 amide bonds. The van der Waals surface area contributed by atoms with E-state index >= 15 is 0 Å². The van der Waals surface area contributed by atoms with Gasteiger partial charge in [0.05, 0.1) is 22.8 Å². The fraction of sp³-hybridized carbons (Fsp3) is 0.231. The highest BCUT2D eigenvalue weighted by Crippen LogP contribution is 2.21. The molecule has 0 unspecified atom stereocenters. The number of aryl methyl sites for hydroxylation is 1. The van der Waals surface area contributed by atoms with E-state index in [1.54, 1.807) is 0 Å². The summed E-state index contributed by atoms with van der Waals surface area (Å²) in [5.74, 6) is 0. The molecular weight excluding hydrogens is 368 g/mol. The van der Waals surface area contributed by atoms with Crippen LogP contribution in [-0.4, -0.2) is 19.9 Å². The van der Waals surface area contributed by atoms with Crippen molar-refractivity contribution < 1.29 is 0 Å². The minimum absolute atomic E-state index is 0.952. The van der Waals surface area contributed by atoms with Crippen molar-refractivity contribution in [1.29, 1.82) is 0 Å². The van der Waals surface area contributed by atoms with Gasteiger partial charge in [-0.2, -0.15) is 0 Å². The Morgan fingerprint density at radius 1 is 0.633 bits per heavy atom. The fourth-order valence-corrected chi connectivity index (χ4v) is 4.03. The summed E-state index contributed by atoms with van der Waals surface area (Å²) in [4.78, 5) is 16.5. The first-order chi connectivity index (χ1) is 14.7. The topological polar surface area (TPSA) is 57.4 Å². The molecule has 0 atom stereocenters. The molecule has 3 aromatic heterocycles. The number of aromatic nitrogens is 4. The summed E-state index contributed by atoms with van der Waals surface area (Å²) >= 11 is 0. The van der Waals surface area contributed by atoms with E-state index < -0.39 is 0 Å². The second-order valence-electron chi connectivity index (χ2n) is 8.01. The molecule has 3 aromatic rings. The van der Waals surface area contributed by atoms with Crippen molar-refractivity contribution >= 4 is 46.4 Å². The second-order valence-corrected chi connectivity index (χ2v) is 8.01. The molecule has 0 radical (unpaired) electrons. The third kappa shape index (κ3) is 4.13. The third-order valence-corrected chi connectivity index (χ3v) is 5.55. The van der Waals surface area contributed by atoms with Gasteiger partial charge >= 0.3 is 0 Å². The van der Waals surface area contributed by atoms with Gasteiger partial charge < -0.3 is 9.97 Å². The van der Waals surface area contributed by atoms with Crippen LogP contribution in [-0.2, 0) is 6.42 Å². The summed E-state index contributed by atoms with van der Waals surface area (Å²) in [5.41, 5.74) is 9.50. The molecule has 5 rings (SSSR count). The van der Waals surface area contributed by atoms with Crippen molar-refractivity contribution in [2.24, 2.45) is 0 Å². The van der Waals surface area contributed by atoms with Gasteiger partial charge in [0.1, 0.15) is 0 Å². The van der Waals surface area contributed by atoms with Crippen LogP contribution in [0.4, 0.5) is 0 Å². The lowest BCUT2D eigenvalue weighted by atomic mass is 10.1. The zero-order chi connectivity index (χ0) is 20.3. The molecular formula is C26H26N4. The van der Waals surface area contributed by atoms with Crippen molar-refractivity contribution in [3.63, 3.8) is 0 Å². The van der Waals surface area contributed by atoms with Gasteiger partial charge in [-0.25, -0.2) is 9.97 Å². The Hall–Kier alpha value is -3.40. The summed E-state index contributed by atoms with van der Waals surface area (Å²) in [5, 5.41) is 0. The average molecular weight is 395 g/mol. The van der Waals surface area contributed by atoms with Crippen molar-refractivity contribution in [3.05, 3.63) is 70.8 Å². The lowest BCUT2D eigenvalue weighted by Gasteiger charge is -1.98. The third-order valence-electron chi connectivity index (χ3n) is 5.55. The molecule has 150 valence electrons. The second kappa shape index (κ2) is 8.15. The van der Waals surface area contributed by atoms with Crippen LogP contribution in [0.3, 0.4) is 0 Å². The molecule has 0 spiro atoms. The first kappa shape index (κ1) is 18.6. The average Bonchev–Trinajstić information content (AvgIpc) is 3.51. The van der Waals surface area contributed by atoms with E-state index in [1.807, 2.05) is 0 Å². The van der Waals surface area contributed by atoms with E-state index in [2.05, 4.69) is 83.7 Å². The number of aromatic amines is 2. The summed E-state index contributed by atoms with van der Waals surface area (Å²) < 4.78 is 0. The van der Waals surface area contributed by atoms with Gasteiger partial charge in [0.15, 0.2) is 0 Å². The predicted octanol–water partition coefficient (Wildman–Crippen LogP) is 6.78. The molecule has 0 saturated carbocycles. The molecule has 4 nitrogen and oxygen atoms in total. The Morgan fingerprint density at radius 2 is 1.23 bits per heavy atom. The zero-order valence-corrected chi connectivity index (χ0v) is 17.3. The molecule has 0 fully saturated rings. The van der Waals surface area contributed by atoms with Crippen LogP contribution in [0.1, 0.15) is 60.9 Å². The van der Waals surface area contributed by atoms with Crippen LogP contribution in [0.2, 0.25) is 0 Å². The highest BCUT2D eigenvalue weighted by atomic mass is 14.8. The van der Waals surface area contributed by atoms with Gasteiger partial charge in [0.2, 0.25) is 0 Å². The highest BCUT2D eigenvalue weighted by molar-refractivity contribution is 5.78. The van der Waals surface area contributed by atoms with Gasteiger partial charge in [-0.15, -0.1) is 0 Å². The summed E-state index contributed by atoms with van der Waals surface area (Å²) in [6.07, 6.45) is 14.4. The summed E-state index contributed by atoms with van der Waals surface area (Å²) in [7, 11) is 0. The Morgan fingerprint density at radius 3 is 1.87 bits per heavy atom. The largest absolute Gasteiger partial charge is 0.355 e. The minimum Gasteiger partial charge on any atom is -0.355 e. The zero-order valence-electron chi connectivity index (χ0n) is 17.3. The molecule has 30 heavy (non-hydrogen) atoms. The molecule has 0 saturated heterocycles. The van der Waals surface area contributed by atoms with Crippen molar-refractivity contribution in [2.75, 3.05) is 0 Å². The number of nitrogens with zero attached hydrogens (tertiary/aromatic N) is 2. The molecule has 2 N–H and O–H groups in total. The maximum atomic E-state index is 4.79. The van der Waals surface area contributed by atoms with Crippen LogP contribution in [0.5, 0.6) is 0 Å². The molecule has 4 heteroatoms. The number of rotatable bonds is 5. The lowest BCUT2D eigenvalue weighted by molar-refractivity contribution is 0.668. The van der Waals surface area contributed by atoms with Crippen LogP contribution in [0.25, 0.3) is 46.4 Å². The summed E-state index contributed by atoms with van der Waals surface area (Å²) in [6.45, 7) is 2.25. The van der Waals surface area contributed by atoms with Gasteiger partial charge in [-0.1, -0.05) is 26.2 Å². The predicted molar refractivity (Wildman–Crippen MR) is 127 cm³/mol. The van der Waals surface area contributed by atoms with E-state index in [0.29, 0.717) is 0 Å².